The highest BCUT2D eigenvalue weighted by Crippen LogP contribution is 2.32. The molecular weight excluding hydrogens is 202 g/mol. The van der Waals surface area contributed by atoms with Crippen LogP contribution in [0.5, 0.6) is 0 Å². The Bertz CT molecular complexity index is 393. The zero-order valence-corrected chi connectivity index (χ0v) is 9.54. The second-order valence-electron chi connectivity index (χ2n) is 4.47. The molecule has 0 radical (unpaired) electrons. The maximum absolute atomic E-state index is 11.7. The fourth-order valence-corrected chi connectivity index (χ4v) is 2.56. The van der Waals surface area contributed by atoms with E-state index in [2.05, 4.69) is 9.97 Å². The van der Waals surface area contributed by atoms with Crippen LogP contribution in [0.25, 0.3) is 0 Å². The Morgan fingerprint density at radius 3 is 2.81 bits per heavy atom. The topological polar surface area (TPSA) is 71.8 Å². The monoisotopic (exact) mass is 221 g/mol. The SMILES string of the molecule is NCCc1c(C2CCCCC2)nc[nH]c1=O. The Hall–Kier alpha value is -1.16. The van der Waals surface area contributed by atoms with Crippen molar-refractivity contribution in [2.75, 3.05) is 6.54 Å². The van der Waals surface area contributed by atoms with Crippen molar-refractivity contribution < 1.29 is 0 Å². The van der Waals surface area contributed by atoms with E-state index >= 15 is 0 Å². The Kier molecular flexibility index (Phi) is 3.72. The van der Waals surface area contributed by atoms with Gasteiger partial charge in [0.15, 0.2) is 0 Å². The lowest BCUT2D eigenvalue weighted by Crippen LogP contribution is -2.22. The molecule has 1 aliphatic carbocycles. The summed E-state index contributed by atoms with van der Waals surface area (Å²) in [5, 5.41) is 0. The molecule has 0 unspecified atom stereocenters. The van der Waals surface area contributed by atoms with E-state index in [0.29, 0.717) is 18.9 Å². The number of nitrogens with zero attached hydrogens (tertiary/aromatic N) is 1. The van der Waals surface area contributed by atoms with Gasteiger partial charge in [0.1, 0.15) is 0 Å². The molecule has 4 heteroatoms. The first-order valence-corrected chi connectivity index (χ1v) is 6.09. The molecule has 1 aliphatic rings. The van der Waals surface area contributed by atoms with Gasteiger partial charge in [0.05, 0.1) is 12.0 Å². The lowest BCUT2D eigenvalue weighted by Gasteiger charge is -2.22. The van der Waals surface area contributed by atoms with Crippen LogP contribution in [0.3, 0.4) is 0 Å². The number of rotatable bonds is 3. The largest absolute Gasteiger partial charge is 0.330 e. The summed E-state index contributed by atoms with van der Waals surface area (Å²) in [6.45, 7) is 0.508. The Balaban J connectivity index is 2.30. The molecule has 0 spiro atoms. The van der Waals surface area contributed by atoms with E-state index in [1.165, 1.54) is 25.6 Å². The van der Waals surface area contributed by atoms with Crippen LogP contribution in [-0.2, 0) is 6.42 Å². The highest BCUT2D eigenvalue weighted by atomic mass is 16.1. The average Bonchev–Trinajstić information content (AvgIpc) is 2.33. The van der Waals surface area contributed by atoms with Crippen LogP contribution in [-0.4, -0.2) is 16.5 Å². The highest BCUT2D eigenvalue weighted by molar-refractivity contribution is 5.21. The lowest BCUT2D eigenvalue weighted by atomic mass is 9.85. The first-order valence-electron chi connectivity index (χ1n) is 6.09. The van der Waals surface area contributed by atoms with Gasteiger partial charge in [-0.25, -0.2) is 4.98 Å². The molecular formula is C12H19N3O. The van der Waals surface area contributed by atoms with Crippen molar-refractivity contribution in [2.45, 2.75) is 44.4 Å². The molecule has 1 heterocycles. The van der Waals surface area contributed by atoms with E-state index in [0.717, 1.165) is 24.1 Å². The van der Waals surface area contributed by atoms with Crippen molar-refractivity contribution in [1.82, 2.24) is 9.97 Å². The Morgan fingerprint density at radius 2 is 2.12 bits per heavy atom. The molecule has 3 N–H and O–H groups in total. The number of nitrogens with two attached hydrogens (primary N) is 1. The summed E-state index contributed by atoms with van der Waals surface area (Å²) in [7, 11) is 0. The van der Waals surface area contributed by atoms with Crippen LogP contribution in [0.15, 0.2) is 11.1 Å². The third-order valence-electron chi connectivity index (χ3n) is 3.37. The fourth-order valence-electron chi connectivity index (χ4n) is 2.56. The molecule has 16 heavy (non-hydrogen) atoms. The van der Waals surface area contributed by atoms with Crippen molar-refractivity contribution in [3.8, 4) is 0 Å². The minimum absolute atomic E-state index is 0.0129. The number of hydrogen-bond donors (Lipinski definition) is 2. The molecule has 88 valence electrons. The molecule has 1 aromatic rings. The second-order valence-corrected chi connectivity index (χ2v) is 4.47. The minimum Gasteiger partial charge on any atom is -0.330 e. The number of hydrogen-bond acceptors (Lipinski definition) is 3. The van der Waals surface area contributed by atoms with Gasteiger partial charge < -0.3 is 10.7 Å². The van der Waals surface area contributed by atoms with E-state index in [9.17, 15) is 4.79 Å². The van der Waals surface area contributed by atoms with Crippen molar-refractivity contribution in [1.29, 1.82) is 0 Å². The average molecular weight is 221 g/mol. The molecule has 4 nitrogen and oxygen atoms in total. The summed E-state index contributed by atoms with van der Waals surface area (Å²) in [6, 6.07) is 0. The number of H-pyrrole nitrogens is 1. The van der Waals surface area contributed by atoms with Crippen LogP contribution < -0.4 is 11.3 Å². The molecule has 1 saturated carbocycles. The van der Waals surface area contributed by atoms with Gasteiger partial charge in [-0.3, -0.25) is 4.79 Å². The van der Waals surface area contributed by atoms with E-state index < -0.39 is 0 Å². The van der Waals surface area contributed by atoms with Gasteiger partial charge in [-0.1, -0.05) is 19.3 Å². The normalized spacial score (nSPS) is 17.6. The summed E-state index contributed by atoms with van der Waals surface area (Å²) >= 11 is 0. The van der Waals surface area contributed by atoms with E-state index in [-0.39, 0.29) is 5.56 Å². The molecule has 1 aromatic heterocycles. The molecule has 0 amide bonds. The fraction of sp³-hybridized carbons (Fsp3) is 0.667. The predicted molar refractivity (Wildman–Crippen MR) is 63.4 cm³/mol. The molecule has 0 aliphatic heterocycles. The summed E-state index contributed by atoms with van der Waals surface area (Å²) in [4.78, 5) is 18.7. The van der Waals surface area contributed by atoms with Gasteiger partial charge in [-0.15, -0.1) is 0 Å². The molecule has 0 saturated heterocycles. The van der Waals surface area contributed by atoms with E-state index in [4.69, 9.17) is 5.73 Å². The van der Waals surface area contributed by atoms with Gasteiger partial charge in [-0.05, 0) is 25.8 Å². The first-order chi connectivity index (χ1) is 7.83. The summed E-state index contributed by atoms with van der Waals surface area (Å²) in [6.07, 6.45) is 8.29. The zero-order chi connectivity index (χ0) is 11.4. The molecule has 0 aromatic carbocycles. The van der Waals surface area contributed by atoms with Crippen LogP contribution in [0, 0.1) is 0 Å². The molecule has 0 bridgehead atoms. The Morgan fingerprint density at radius 1 is 1.38 bits per heavy atom. The van der Waals surface area contributed by atoms with Crippen molar-refractivity contribution in [3.05, 3.63) is 27.9 Å². The standard InChI is InChI=1S/C12H19N3O/c13-7-6-10-11(14-8-15-12(10)16)9-4-2-1-3-5-9/h8-9H,1-7,13H2,(H,14,15,16). The lowest BCUT2D eigenvalue weighted by molar-refractivity contribution is 0.433. The third kappa shape index (κ3) is 2.32. The van der Waals surface area contributed by atoms with Gasteiger partial charge >= 0.3 is 0 Å². The Labute approximate surface area is 95.3 Å². The van der Waals surface area contributed by atoms with E-state index in [1.54, 1.807) is 0 Å². The summed E-state index contributed by atoms with van der Waals surface area (Å²) < 4.78 is 0. The van der Waals surface area contributed by atoms with Crippen LogP contribution in [0.2, 0.25) is 0 Å². The van der Waals surface area contributed by atoms with Crippen LogP contribution in [0.1, 0.15) is 49.3 Å². The van der Waals surface area contributed by atoms with Gasteiger partial charge in [0, 0.05) is 11.5 Å². The maximum atomic E-state index is 11.7. The van der Waals surface area contributed by atoms with Crippen molar-refractivity contribution in [2.24, 2.45) is 5.73 Å². The quantitative estimate of drug-likeness (QED) is 0.808. The smallest absolute Gasteiger partial charge is 0.254 e. The third-order valence-corrected chi connectivity index (χ3v) is 3.37. The van der Waals surface area contributed by atoms with Gasteiger partial charge in [0.2, 0.25) is 0 Å². The van der Waals surface area contributed by atoms with Gasteiger partial charge in [-0.2, -0.15) is 0 Å². The highest BCUT2D eigenvalue weighted by Gasteiger charge is 2.20. The summed E-state index contributed by atoms with van der Waals surface area (Å²) in [5.74, 6) is 0.470. The van der Waals surface area contributed by atoms with Crippen LogP contribution >= 0.6 is 0 Å². The molecule has 2 rings (SSSR count). The maximum Gasteiger partial charge on any atom is 0.254 e. The van der Waals surface area contributed by atoms with Gasteiger partial charge in [0.25, 0.3) is 5.56 Å². The second kappa shape index (κ2) is 5.25. The molecule has 0 atom stereocenters. The zero-order valence-electron chi connectivity index (χ0n) is 9.54. The molecule has 1 fully saturated rings. The van der Waals surface area contributed by atoms with Crippen molar-refractivity contribution >= 4 is 0 Å². The summed E-state index contributed by atoms with van der Waals surface area (Å²) in [5.41, 5.74) is 7.33. The predicted octanol–water partition coefficient (Wildman–Crippen LogP) is 1.32. The number of aromatic nitrogens is 2. The number of aromatic amines is 1. The van der Waals surface area contributed by atoms with E-state index in [1.807, 2.05) is 0 Å². The first kappa shape index (κ1) is 11.3. The minimum atomic E-state index is -0.0129. The van der Waals surface area contributed by atoms with Crippen LogP contribution in [0.4, 0.5) is 0 Å². The number of nitrogens with one attached hydrogen (secondary N) is 1. The van der Waals surface area contributed by atoms with Crippen molar-refractivity contribution in [3.63, 3.8) is 0 Å².